The first-order valence-electron chi connectivity index (χ1n) is 7.58. The number of hydrogen-bond acceptors (Lipinski definition) is 2. The van der Waals surface area contributed by atoms with Gasteiger partial charge in [0.15, 0.2) is 5.52 Å². The maximum absolute atomic E-state index is 12.0. The summed E-state index contributed by atoms with van der Waals surface area (Å²) >= 11 is 0. The second-order valence-electron chi connectivity index (χ2n) is 4.86. The van der Waals surface area contributed by atoms with Crippen molar-refractivity contribution in [1.29, 1.82) is 0 Å². The van der Waals surface area contributed by atoms with Gasteiger partial charge in [0.2, 0.25) is 0 Å². The van der Waals surface area contributed by atoms with Gasteiger partial charge in [-0.05, 0) is 52.7 Å². The van der Waals surface area contributed by atoms with E-state index in [-0.39, 0.29) is 8.58 Å². The Balaban J connectivity index is 2.37. The zero-order valence-electron chi connectivity index (χ0n) is 13.6. The number of allylic oxidation sites excluding steroid dienone is 5. The first-order valence-corrected chi connectivity index (χ1v) is 8.58. The summed E-state index contributed by atoms with van der Waals surface area (Å²) in [6.07, 6.45) is 10.5. The van der Waals surface area contributed by atoms with Crippen LogP contribution in [0.4, 0.5) is 0 Å². The molecule has 0 bridgehead atoms. The van der Waals surface area contributed by atoms with E-state index >= 15 is 0 Å². The normalized spacial score (nSPS) is 13.2. The highest BCUT2D eigenvalue weighted by molar-refractivity contribution is 7.65. The van der Waals surface area contributed by atoms with E-state index in [2.05, 4.69) is 12.2 Å². The molecule has 0 saturated carbocycles. The second kappa shape index (κ2) is 11.0. The van der Waals surface area contributed by atoms with Crippen LogP contribution in [0.1, 0.15) is 33.1 Å². The van der Waals surface area contributed by atoms with Crippen molar-refractivity contribution in [2.45, 2.75) is 33.1 Å². The van der Waals surface area contributed by atoms with Crippen molar-refractivity contribution < 1.29 is 9.53 Å². The number of rotatable bonds is 9. The summed E-state index contributed by atoms with van der Waals surface area (Å²) in [4.78, 5) is 12.0. The summed E-state index contributed by atoms with van der Waals surface area (Å²) in [5, 5.41) is 1.12. The van der Waals surface area contributed by atoms with Crippen molar-refractivity contribution in [3.05, 3.63) is 66.0 Å². The van der Waals surface area contributed by atoms with E-state index in [4.69, 9.17) is 4.74 Å². The van der Waals surface area contributed by atoms with Crippen molar-refractivity contribution in [2.75, 3.05) is 7.11 Å². The number of carbonyl (C=O) groups excluding carboxylic acids is 1. The minimum Gasteiger partial charge on any atom is -0.497 e. The van der Waals surface area contributed by atoms with Gasteiger partial charge >= 0.3 is 0 Å². The first-order chi connectivity index (χ1) is 10.7. The van der Waals surface area contributed by atoms with Crippen molar-refractivity contribution in [3.63, 3.8) is 0 Å². The van der Waals surface area contributed by atoms with Crippen LogP contribution in [0.15, 0.2) is 66.0 Å². The fraction of sp³-hybridized carbons (Fsp3) is 0.316. The fourth-order valence-electron chi connectivity index (χ4n) is 1.99. The molecule has 0 radical (unpaired) electrons. The second-order valence-corrected chi connectivity index (χ2v) is 6.24. The molecule has 1 atom stereocenters. The van der Waals surface area contributed by atoms with E-state index in [9.17, 15) is 4.79 Å². The van der Waals surface area contributed by atoms with Gasteiger partial charge in [-0.2, -0.15) is 0 Å². The highest BCUT2D eigenvalue weighted by Gasteiger charge is 2.03. The van der Waals surface area contributed by atoms with Gasteiger partial charge in [0.25, 0.3) is 0 Å². The predicted octanol–water partition coefficient (Wildman–Crippen LogP) is 4.74. The van der Waals surface area contributed by atoms with E-state index in [1.807, 2.05) is 56.3 Å². The minimum absolute atomic E-state index is 0.274. The zero-order chi connectivity index (χ0) is 16.2. The molecule has 1 rings (SSSR count). The molecule has 1 aromatic carbocycles. The van der Waals surface area contributed by atoms with Crippen LogP contribution >= 0.6 is 8.58 Å². The molecule has 0 amide bonds. The monoisotopic (exact) mass is 316 g/mol. The lowest BCUT2D eigenvalue weighted by Gasteiger charge is -2.04. The molecule has 0 fully saturated rings. The van der Waals surface area contributed by atoms with Crippen LogP contribution < -0.4 is 5.30 Å². The van der Waals surface area contributed by atoms with Crippen molar-refractivity contribution in [2.24, 2.45) is 0 Å². The molecule has 118 valence electrons. The number of carbonyl (C=O) groups is 1. The minimum atomic E-state index is 0.274. The maximum atomic E-state index is 12.0. The molecular formula is C19H25O2P. The Labute approximate surface area is 135 Å². The number of ether oxygens (including phenoxy) is 1. The SMILES string of the molecule is C\C=C(/C=C\C(=C/C)OC)CCCC(=O)Pc1ccccc1. The average molecular weight is 316 g/mol. The van der Waals surface area contributed by atoms with Crippen LogP contribution in [0.25, 0.3) is 0 Å². The lowest BCUT2D eigenvalue weighted by atomic mass is 10.1. The molecule has 0 aromatic heterocycles. The van der Waals surface area contributed by atoms with Gasteiger partial charge in [-0.3, -0.25) is 4.79 Å². The van der Waals surface area contributed by atoms with Gasteiger partial charge in [-0.1, -0.05) is 48.1 Å². The Bertz CT molecular complexity index is 542. The van der Waals surface area contributed by atoms with Crippen molar-refractivity contribution in [3.8, 4) is 0 Å². The van der Waals surface area contributed by atoms with Gasteiger partial charge < -0.3 is 4.74 Å². The predicted molar refractivity (Wildman–Crippen MR) is 96.9 cm³/mol. The molecule has 0 aliphatic carbocycles. The Morgan fingerprint density at radius 3 is 2.41 bits per heavy atom. The largest absolute Gasteiger partial charge is 0.497 e. The first kappa shape index (κ1) is 18.4. The van der Waals surface area contributed by atoms with Gasteiger partial charge in [-0.25, -0.2) is 0 Å². The summed E-state index contributed by atoms with van der Waals surface area (Å²) in [6.45, 7) is 3.97. The van der Waals surface area contributed by atoms with Crippen LogP contribution in [-0.4, -0.2) is 12.6 Å². The number of benzene rings is 1. The molecule has 0 saturated heterocycles. The quantitative estimate of drug-likeness (QED) is 0.374. The van der Waals surface area contributed by atoms with Gasteiger partial charge in [0.05, 0.1) is 7.11 Å². The number of hydrogen-bond donors (Lipinski definition) is 0. The molecule has 0 heterocycles. The standard InChI is InChI=1S/C19H25O2P/c1-4-16(14-15-17(5-2)21-3)10-9-13-19(20)22-18-11-7-6-8-12-18/h4-8,11-12,14-15,22H,9-10,13H2,1-3H3/b15-14-,16-4-,17-5+. The summed E-state index contributed by atoms with van der Waals surface area (Å²) < 4.78 is 5.20. The molecule has 0 aliphatic heterocycles. The highest BCUT2D eigenvalue weighted by Crippen LogP contribution is 2.18. The maximum Gasteiger partial charge on any atom is 0.155 e. The van der Waals surface area contributed by atoms with Gasteiger partial charge in [0.1, 0.15) is 5.76 Å². The summed E-state index contributed by atoms with van der Waals surface area (Å²) in [6, 6.07) is 9.96. The Morgan fingerprint density at radius 1 is 1.09 bits per heavy atom. The lowest BCUT2D eigenvalue weighted by Crippen LogP contribution is -1.99. The molecule has 1 aromatic rings. The van der Waals surface area contributed by atoms with Crippen LogP contribution in [-0.2, 0) is 9.53 Å². The van der Waals surface area contributed by atoms with Crippen LogP contribution in [0.5, 0.6) is 0 Å². The molecule has 3 heteroatoms. The Hall–Kier alpha value is -1.66. The van der Waals surface area contributed by atoms with Crippen molar-refractivity contribution in [1.82, 2.24) is 0 Å². The topological polar surface area (TPSA) is 26.3 Å². The summed E-state index contributed by atoms with van der Waals surface area (Å²) in [7, 11) is 1.94. The van der Waals surface area contributed by atoms with E-state index in [1.54, 1.807) is 7.11 Å². The Morgan fingerprint density at radius 2 is 1.82 bits per heavy atom. The molecule has 2 nitrogen and oxygen atoms in total. The van der Waals surface area contributed by atoms with Crippen LogP contribution in [0.3, 0.4) is 0 Å². The van der Waals surface area contributed by atoms with Crippen LogP contribution in [0.2, 0.25) is 0 Å². The molecular weight excluding hydrogens is 291 g/mol. The molecule has 1 unspecified atom stereocenters. The van der Waals surface area contributed by atoms with E-state index in [1.165, 1.54) is 5.57 Å². The zero-order valence-corrected chi connectivity index (χ0v) is 14.6. The molecule has 0 aliphatic rings. The molecule has 0 spiro atoms. The van der Waals surface area contributed by atoms with Gasteiger partial charge in [-0.15, -0.1) is 0 Å². The smallest absolute Gasteiger partial charge is 0.155 e. The average Bonchev–Trinajstić information content (AvgIpc) is 2.55. The highest BCUT2D eigenvalue weighted by atomic mass is 31.1. The summed E-state index contributed by atoms with van der Waals surface area (Å²) in [5.74, 6) is 0.848. The molecule has 22 heavy (non-hydrogen) atoms. The van der Waals surface area contributed by atoms with Gasteiger partial charge in [0, 0.05) is 6.42 Å². The van der Waals surface area contributed by atoms with E-state index in [0.29, 0.717) is 11.9 Å². The molecule has 0 N–H and O–H groups in total. The van der Waals surface area contributed by atoms with E-state index < -0.39 is 0 Å². The third-order valence-corrected chi connectivity index (χ3v) is 4.43. The lowest BCUT2D eigenvalue weighted by molar-refractivity contribution is -0.111. The Kier molecular flexibility index (Phi) is 9.18. The van der Waals surface area contributed by atoms with E-state index in [0.717, 1.165) is 23.9 Å². The summed E-state index contributed by atoms with van der Waals surface area (Å²) in [5.41, 5.74) is 1.56. The fourth-order valence-corrected chi connectivity index (χ4v) is 2.98. The third kappa shape index (κ3) is 7.38. The van der Waals surface area contributed by atoms with Crippen LogP contribution in [0, 0.1) is 0 Å². The van der Waals surface area contributed by atoms with Crippen molar-refractivity contribution >= 4 is 19.4 Å². The number of methoxy groups -OCH3 is 1. The third-order valence-electron chi connectivity index (χ3n) is 3.28.